The standard InChI is InChI=1S/C25H25ClN2O4/c1-15(17-5-9-19(31-2)10-6-17)28-14-25-12-11-20(32-25)21(22(25)24(28)30)23(29)27-13-16-3-7-18(26)8-4-16/h3-12,15,20-22H,13-14H2,1-2H3,(H,27,29)/t15-,20-,21-,22-,25-/m1/s1. The highest BCUT2D eigenvalue weighted by atomic mass is 35.5. The molecule has 0 aromatic heterocycles. The summed E-state index contributed by atoms with van der Waals surface area (Å²) in [5.74, 6) is -0.469. The van der Waals surface area contributed by atoms with Gasteiger partial charge < -0.3 is 19.7 Å². The zero-order valence-corrected chi connectivity index (χ0v) is 18.7. The maximum absolute atomic E-state index is 13.5. The summed E-state index contributed by atoms with van der Waals surface area (Å²) in [6.07, 6.45) is 3.54. The van der Waals surface area contributed by atoms with E-state index in [4.69, 9.17) is 21.1 Å². The number of carbonyl (C=O) groups excluding carboxylic acids is 2. The van der Waals surface area contributed by atoms with Gasteiger partial charge in [-0.2, -0.15) is 0 Å². The Kier molecular flexibility index (Phi) is 5.22. The van der Waals surface area contributed by atoms with E-state index in [-0.39, 0.29) is 24.0 Å². The van der Waals surface area contributed by atoms with Crippen LogP contribution in [0.5, 0.6) is 5.75 Å². The molecular formula is C25H25ClN2O4. The minimum atomic E-state index is -0.731. The van der Waals surface area contributed by atoms with Crippen molar-refractivity contribution in [3.8, 4) is 5.75 Å². The fraction of sp³-hybridized carbons (Fsp3) is 0.360. The molecule has 2 amide bonds. The summed E-state index contributed by atoms with van der Waals surface area (Å²) in [4.78, 5) is 28.5. The Morgan fingerprint density at radius 3 is 2.66 bits per heavy atom. The number of nitrogens with zero attached hydrogens (tertiary/aromatic N) is 1. The number of benzene rings is 2. The average molecular weight is 453 g/mol. The van der Waals surface area contributed by atoms with Gasteiger partial charge in [-0.1, -0.05) is 48.0 Å². The first-order chi connectivity index (χ1) is 15.4. The number of nitrogens with one attached hydrogen (secondary N) is 1. The molecule has 2 aromatic rings. The Morgan fingerprint density at radius 1 is 1.25 bits per heavy atom. The third-order valence-corrected chi connectivity index (χ3v) is 7.13. The van der Waals surface area contributed by atoms with Crippen molar-refractivity contribution in [1.29, 1.82) is 0 Å². The molecule has 2 bridgehead atoms. The molecule has 2 aromatic carbocycles. The van der Waals surface area contributed by atoms with Crippen molar-refractivity contribution in [2.24, 2.45) is 11.8 Å². The zero-order chi connectivity index (χ0) is 22.5. The van der Waals surface area contributed by atoms with E-state index < -0.39 is 17.4 Å². The van der Waals surface area contributed by atoms with Gasteiger partial charge in [0.15, 0.2) is 0 Å². The van der Waals surface area contributed by atoms with Gasteiger partial charge >= 0.3 is 0 Å². The number of amides is 2. The van der Waals surface area contributed by atoms with Crippen molar-refractivity contribution < 1.29 is 19.1 Å². The summed E-state index contributed by atoms with van der Waals surface area (Å²) >= 11 is 5.94. The molecule has 7 heteroatoms. The van der Waals surface area contributed by atoms with Crippen molar-refractivity contribution in [3.05, 3.63) is 76.8 Å². The van der Waals surface area contributed by atoms with Gasteiger partial charge in [-0.05, 0) is 42.3 Å². The number of fused-ring (bicyclic) bond motifs is 1. The van der Waals surface area contributed by atoms with Crippen LogP contribution < -0.4 is 10.1 Å². The van der Waals surface area contributed by atoms with E-state index in [0.717, 1.165) is 16.9 Å². The molecule has 2 saturated heterocycles. The molecule has 2 fully saturated rings. The van der Waals surface area contributed by atoms with E-state index in [1.54, 1.807) is 19.2 Å². The quantitative estimate of drug-likeness (QED) is 0.681. The van der Waals surface area contributed by atoms with Crippen LogP contribution in [0.2, 0.25) is 5.02 Å². The Hall–Kier alpha value is -2.83. The van der Waals surface area contributed by atoms with Crippen molar-refractivity contribution in [1.82, 2.24) is 10.2 Å². The van der Waals surface area contributed by atoms with Gasteiger partial charge in [0.1, 0.15) is 11.4 Å². The normalized spacial score (nSPS) is 28.7. The van der Waals surface area contributed by atoms with Crippen LogP contribution >= 0.6 is 11.6 Å². The van der Waals surface area contributed by atoms with Gasteiger partial charge in [-0.15, -0.1) is 0 Å². The van der Waals surface area contributed by atoms with E-state index in [1.807, 2.05) is 60.4 Å². The lowest BCUT2D eigenvalue weighted by molar-refractivity contribution is -0.138. The van der Waals surface area contributed by atoms with Gasteiger partial charge in [0.25, 0.3) is 0 Å². The van der Waals surface area contributed by atoms with Gasteiger partial charge in [0.05, 0.1) is 37.6 Å². The van der Waals surface area contributed by atoms with Crippen LogP contribution in [0, 0.1) is 11.8 Å². The number of halogens is 1. The second kappa shape index (κ2) is 7.94. The van der Waals surface area contributed by atoms with Crippen LogP contribution in [0.3, 0.4) is 0 Å². The topological polar surface area (TPSA) is 67.9 Å². The summed E-state index contributed by atoms with van der Waals surface area (Å²) in [5, 5.41) is 3.63. The van der Waals surface area contributed by atoms with Crippen LogP contribution in [-0.2, 0) is 20.9 Å². The second-order valence-electron chi connectivity index (χ2n) is 8.66. The molecule has 3 aliphatic rings. The molecule has 0 aliphatic carbocycles. The highest BCUT2D eigenvalue weighted by Crippen LogP contribution is 2.53. The molecule has 0 unspecified atom stereocenters. The van der Waals surface area contributed by atoms with Crippen LogP contribution in [0.1, 0.15) is 24.1 Å². The minimum Gasteiger partial charge on any atom is -0.497 e. The molecule has 166 valence electrons. The Morgan fingerprint density at radius 2 is 1.97 bits per heavy atom. The lowest BCUT2D eigenvalue weighted by atomic mass is 9.77. The zero-order valence-electron chi connectivity index (χ0n) is 18.0. The SMILES string of the molecule is COc1ccc([C@@H](C)N2C[C@@]34C=C[C@@H](O3)[C@@H](C(=O)NCc3ccc(Cl)cc3)[C@@H]4C2=O)cc1. The molecule has 3 heterocycles. The van der Waals surface area contributed by atoms with Crippen LogP contribution in [0.25, 0.3) is 0 Å². The number of likely N-dealkylation sites (tertiary alicyclic amines) is 1. The number of carbonyl (C=O) groups is 2. The largest absolute Gasteiger partial charge is 0.497 e. The lowest BCUT2D eigenvalue weighted by Crippen LogP contribution is -2.44. The molecule has 0 saturated carbocycles. The van der Waals surface area contributed by atoms with Gasteiger partial charge in [0.2, 0.25) is 11.8 Å². The Bertz CT molecular complexity index is 1070. The summed E-state index contributed by atoms with van der Waals surface area (Å²) in [7, 11) is 1.63. The fourth-order valence-corrected chi connectivity index (χ4v) is 5.25. The van der Waals surface area contributed by atoms with Gasteiger partial charge in [0, 0.05) is 11.6 Å². The van der Waals surface area contributed by atoms with E-state index >= 15 is 0 Å². The molecule has 1 spiro atoms. The number of ether oxygens (including phenoxy) is 2. The minimum absolute atomic E-state index is 0.0354. The second-order valence-corrected chi connectivity index (χ2v) is 9.10. The number of rotatable bonds is 6. The molecule has 32 heavy (non-hydrogen) atoms. The van der Waals surface area contributed by atoms with Crippen molar-refractivity contribution in [2.45, 2.75) is 31.2 Å². The van der Waals surface area contributed by atoms with E-state index in [9.17, 15) is 9.59 Å². The van der Waals surface area contributed by atoms with Gasteiger partial charge in [-0.25, -0.2) is 0 Å². The summed E-state index contributed by atoms with van der Waals surface area (Å²) in [6, 6.07) is 14.9. The van der Waals surface area contributed by atoms with E-state index in [1.165, 1.54) is 0 Å². The molecule has 5 rings (SSSR count). The summed E-state index contributed by atoms with van der Waals surface area (Å²) in [6.45, 7) is 2.82. The van der Waals surface area contributed by atoms with E-state index in [2.05, 4.69) is 5.32 Å². The summed E-state index contributed by atoms with van der Waals surface area (Å²) < 4.78 is 11.5. The highest BCUT2D eigenvalue weighted by Gasteiger charge is 2.67. The lowest BCUT2D eigenvalue weighted by Gasteiger charge is -2.28. The maximum Gasteiger partial charge on any atom is 0.230 e. The van der Waals surface area contributed by atoms with Crippen molar-refractivity contribution in [2.75, 3.05) is 13.7 Å². The maximum atomic E-state index is 13.5. The Balaban J connectivity index is 1.33. The molecule has 1 N–H and O–H groups in total. The van der Waals surface area contributed by atoms with E-state index in [0.29, 0.717) is 18.1 Å². The first-order valence-corrected chi connectivity index (χ1v) is 11.1. The summed E-state index contributed by atoms with van der Waals surface area (Å²) in [5.41, 5.74) is 1.23. The van der Waals surface area contributed by atoms with Crippen LogP contribution in [0.15, 0.2) is 60.7 Å². The third kappa shape index (κ3) is 3.38. The first kappa shape index (κ1) is 21.0. The highest BCUT2D eigenvalue weighted by molar-refractivity contribution is 6.30. The Labute approximate surface area is 192 Å². The predicted octanol–water partition coefficient (Wildman–Crippen LogP) is 3.51. The van der Waals surface area contributed by atoms with Crippen LogP contribution in [0.4, 0.5) is 0 Å². The number of methoxy groups -OCH3 is 1. The average Bonchev–Trinajstić information content (AvgIpc) is 3.46. The molecule has 6 nitrogen and oxygen atoms in total. The van der Waals surface area contributed by atoms with Crippen molar-refractivity contribution >= 4 is 23.4 Å². The third-order valence-electron chi connectivity index (χ3n) is 6.88. The number of hydrogen-bond donors (Lipinski definition) is 1. The number of hydrogen-bond acceptors (Lipinski definition) is 4. The smallest absolute Gasteiger partial charge is 0.230 e. The first-order valence-electron chi connectivity index (χ1n) is 10.8. The monoisotopic (exact) mass is 452 g/mol. The molecule has 3 aliphatic heterocycles. The fourth-order valence-electron chi connectivity index (χ4n) is 5.13. The van der Waals surface area contributed by atoms with Crippen LogP contribution in [-0.4, -0.2) is 42.1 Å². The predicted molar refractivity (Wildman–Crippen MR) is 120 cm³/mol. The molecular weight excluding hydrogens is 428 g/mol. The molecule has 0 radical (unpaired) electrons. The van der Waals surface area contributed by atoms with Crippen molar-refractivity contribution in [3.63, 3.8) is 0 Å². The van der Waals surface area contributed by atoms with Gasteiger partial charge in [-0.3, -0.25) is 9.59 Å². The molecule has 5 atom stereocenters.